The summed E-state index contributed by atoms with van der Waals surface area (Å²) in [5, 5.41) is 3.11. The number of nitrogens with zero attached hydrogens (tertiary/aromatic N) is 3. The minimum atomic E-state index is -0.790. The van der Waals surface area contributed by atoms with Gasteiger partial charge in [-0.15, -0.1) is 0 Å². The number of amides is 4. The molecule has 3 aliphatic heterocycles. The number of carbonyl (C=O) groups is 3. The first-order chi connectivity index (χ1) is 13.9. The van der Waals surface area contributed by atoms with Crippen LogP contribution in [0.1, 0.15) is 51.9 Å². The fourth-order valence-corrected chi connectivity index (χ4v) is 5.78. The molecule has 0 spiro atoms. The average Bonchev–Trinajstić information content (AvgIpc) is 3.22. The molecule has 3 saturated heterocycles. The van der Waals surface area contributed by atoms with Gasteiger partial charge in [0.05, 0.1) is 5.75 Å². The van der Waals surface area contributed by atoms with E-state index in [1.807, 2.05) is 11.2 Å². The number of thioether (sulfide) groups is 1. The molecule has 0 aromatic heterocycles. The SMILES string of the molecule is CCC[C@@]1(C2CCN(C(=O)CSC)CC2)NC(=O)N(CC[C@@H]2CCCN2C)C1=O. The van der Waals surface area contributed by atoms with Crippen molar-refractivity contribution >= 4 is 29.6 Å². The summed E-state index contributed by atoms with van der Waals surface area (Å²) in [4.78, 5) is 44.1. The summed E-state index contributed by atoms with van der Waals surface area (Å²) >= 11 is 1.54. The van der Waals surface area contributed by atoms with Gasteiger partial charge in [-0.2, -0.15) is 11.8 Å². The fourth-order valence-electron chi connectivity index (χ4n) is 5.35. The van der Waals surface area contributed by atoms with Crippen molar-refractivity contribution in [3.8, 4) is 0 Å². The van der Waals surface area contributed by atoms with Gasteiger partial charge in [-0.25, -0.2) is 4.79 Å². The van der Waals surface area contributed by atoms with Gasteiger partial charge in [0.25, 0.3) is 5.91 Å². The Morgan fingerprint density at radius 3 is 2.52 bits per heavy atom. The molecule has 4 amide bonds. The van der Waals surface area contributed by atoms with Crippen molar-refractivity contribution in [1.29, 1.82) is 0 Å². The normalized spacial score (nSPS) is 29.0. The molecule has 0 radical (unpaired) electrons. The molecule has 8 heteroatoms. The van der Waals surface area contributed by atoms with E-state index >= 15 is 0 Å². The lowest BCUT2D eigenvalue weighted by Gasteiger charge is -2.41. The Morgan fingerprint density at radius 1 is 1.21 bits per heavy atom. The number of carbonyl (C=O) groups excluding carboxylic acids is 3. The molecule has 3 fully saturated rings. The molecule has 3 rings (SSSR count). The van der Waals surface area contributed by atoms with E-state index in [-0.39, 0.29) is 23.8 Å². The minimum absolute atomic E-state index is 0.0427. The van der Waals surface area contributed by atoms with Crippen molar-refractivity contribution < 1.29 is 14.4 Å². The number of rotatable bonds is 8. The van der Waals surface area contributed by atoms with Crippen LogP contribution < -0.4 is 5.32 Å². The molecule has 0 bridgehead atoms. The van der Waals surface area contributed by atoms with Gasteiger partial charge in [0, 0.05) is 25.7 Å². The third kappa shape index (κ3) is 4.58. The Balaban J connectivity index is 1.65. The van der Waals surface area contributed by atoms with E-state index in [4.69, 9.17) is 0 Å². The topological polar surface area (TPSA) is 73.0 Å². The van der Waals surface area contributed by atoms with E-state index in [9.17, 15) is 14.4 Å². The molecule has 0 unspecified atom stereocenters. The van der Waals surface area contributed by atoms with E-state index in [2.05, 4.69) is 24.2 Å². The first-order valence-electron chi connectivity index (χ1n) is 11.0. The second-order valence-electron chi connectivity index (χ2n) is 8.76. The second-order valence-corrected chi connectivity index (χ2v) is 9.63. The summed E-state index contributed by atoms with van der Waals surface area (Å²) < 4.78 is 0. The van der Waals surface area contributed by atoms with Crippen LogP contribution in [0.2, 0.25) is 0 Å². The van der Waals surface area contributed by atoms with Crippen molar-refractivity contribution in [2.24, 2.45) is 5.92 Å². The van der Waals surface area contributed by atoms with Crippen LogP contribution in [-0.4, -0.2) is 89.4 Å². The van der Waals surface area contributed by atoms with E-state index in [1.54, 1.807) is 11.8 Å². The van der Waals surface area contributed by atoms with Gasteiger partial charge in [0.2, 0.25) is 5.91 Å². The Bertz CT molecular complexity index is 623. The van der Waals surface area contributed by atoms with E-state index in [1.165, 1.54) is 11.3 Å². The summed E-state index contributed by atoms with van der Waals surface area (Å²) in [7, 11) is 2.12. The molecular formula is C21H36N4O3S. The third-order valence-electron chi connectivity index (χ3n) is 7.02. The zero-order valence-electron chi connectivity index (χ0n) is 18.1. The fraction of sp³-hybridized carbons (Fsp3) is 0.857. The zero-order valence-corrected chi connectivity index (χ0v) is 18.9. The van der Waals surface area contributed by atoms with E-state index in [0.29, 0.717) is 37.8 Å². The predicted octanol–water partition coefficient (Wildman–Crippen LogP) is 2.16. The number of urea groups is 1. The number of imide groups is 1. The summed E-state index contributed by atoms with van der Waals surface area (Å²) in [5.74, 6) is 0.726. The maximum atomic E-state index is 13.5. The smallest absolute Gasteiger partial charge is 0.325 e. The highest BCUT2D eigenvalue weighted by Gasteiger charge is 2.55. The second kappa shape index (κ2) is 9.69. The lowest BCUT2D eigenvalue weighted by Crippen LogP contribution is -2.56. The van der Waals surface area contributed by atoms with Crippen LogP contribution in [-0.2, 0) is 9.59 Å². The van der Waals surface area contributed by atoms with Crippen molar-refractivity contribution in [3.05, 3.63) is 0 Å². The molecule has 1 N–H and O–H groups in total. The van der Waals surface area contributed by atoms with Crippen molar-refractivity contribution in [3.63, 3.8) is 0 Å². The quantitative estimate of drug-likeness (QED) is 0.605. The van der Waals surface area contributed by atoms with Gasteiger partial charge in [-0.1, -0.05) is 13.3 Å². The zero-order chi connectivity index (χ0) is 21.0. The van der Waals surface area contributed by atoms with Crippen LogP contribution in [0.3, 0.4) is 0 Å². The van der Waals surface area contributed by atoms with E-state index < -0.39 is 5.54 Å². The summed E-state index contributed by atoms with van der Waals surface area (Å²) in [6.07, 6.45) is 8.16. The maximum absolute atomic E-state index is 13.5. The Labute approximate surface area is 178 Å². The molecule has 0 saturated carbocycles. The van der Waals surface area contributed by atoms with Crippen LogP contribution >= 0.6 is 11.8 Å². The van der Waals surface area contributed by atoms with Gasteiger partial charge in [0.15, 0.2) is 0 Å². The summed E-state index contributed by atoms with van der Waals surface area (Å²) in [5.41, 5.74) is -0.790. The number of hydrogen-bond acceptors (Lipinski definition) is 5. The first kappa shape index (κ1) is 22.4. The molecule has 0 aliphatic carbocycles. The molecule has 0 aromatic carbocycles. The van der Waals surface area contributed by atoms with Gasteiger partial charge >= 0.3 is 6.03 Å². The van der Waals surface area contributed by atoms with Crippen LogP contribution in [0.25, 0.3) is 0 Å². The summed E-state index contributed by atoms with van der Waals surface area (Å²) in [6.45, 7) is 5.00. The predicted molar refractivity (Wildman–Crippen MR) is 116 cm³/mol. The van der Waals surface area contributed by atoms with Crippen molar-refractivity contribution in [2.45, 2.75) is 63.5 Å². The van der Waals surface area contributed by atoms with Gasteiger partial charge < -0.3 is 15.1 Å². The monoisotopic (exact) mass is 424 g/mol. The standard InChI is InChI=1S/C21H36N4O3S/c1-4-10-21(16-7-12-24(13-8-16)18(26)15-29-3)19(27)25(20(28)22-21)14-9-17-6-5-11-23(17)2/h16-17H,4-15H2,1-3H3,(H,22,28)/t17-,21-/m0/s1. The maximum Gasteiger partial charge on any atom is 0.325 e. The largest absolute Gasteiger partial charge is 0.342 e. The molecule has 3 aliphatic rings. The van der Waals surface area contributed by atoms with Crippen LogP contribution in [0.4, 0.5) is 4.79 Å². The molecule has 3 heterocycles. The Kier molecular flexibility index (Phi) is 7.48. The lowest BCUT2D eigenvalue weighted by atomic mass is 9.74. The van der Waals surface area contributed by atoms with Gasteiger partial charge in [-0.3, -0.25) is 14.5 Å². The van der Waals surface area contributed by atoms with E-state index in [0.717, 1.165) is 38.6 Å². The van der Waals surface area contributed by atoms with Crippen LogP contribution in [0.15, 0.2) is 0 Å². The van der Waals surface area contributed by atoms with Crippen LogP contribution in [0.5, 0.6) is 0 Å². The number of hydrogen-bond donors (Lipinski definition) is 1. The number of nitrogens with one attached hydrogen (secondary N) is 1. The highest BCUT2D eigenvalue weighted by atomic mass is 32.2. The molecule has 29 heavy (non-hydrogen) atoms. The summed E-state index contributed by atoms with van der Waals surface area (Å²) in [6, 6.07) is 0.229. The van der Waals surface area contributed by atoms with Crippen molar-refractivity contribution in [2.75, 3.05) is 45.2 Å². The highest BCUT2D eigenvalue weighted by Crippen LogP contribution is 2.37. The number of piperidine rings is 1. The van der Waals surface area contributed by atoms with Gasteiger partial charge in [0.1, 0.15) is 5.54 Å². The molecule has 2 atom stereocenters. The first-order valence-corrected chi connectivity index (χ1v) is 12.4. The minimum Gasteiger partial charge on any atom is -0.342 e. The van der Waals surface area contributed by atoms with Gasteiger partial charge in [-0.05, 0) is 64.3 Å². The lowest BCUT2D eigenvalue weighted by molar-refractivity contribution is -0.135. The van der Waals surface area contributed by atoms with Crippen LogP contribution in [0, 0.1) is 5.92 Å². The highest BCUT2D eigenvalue weighted by molar-refractivity contribution is 7.99. The Hall–Kier alpha value is -1.28. The van der Waals surface area contributed by atoms with Crippen molar-refractivity contribution in [1.82, 2.24) is 20.0 Å². The molecule has 0 aromatic rings. The molecule has 7 nitrogen and oxygen atoms in total. The number of likely N-dealkylation sites (tertiary alicyclic amines) is 2. The third-order valence-corrected chi connectivity index (χ3v) is 7.55. The Morgan fingerprint density at radius 2 is 1.93 bits per heavy atom. The molecular weight excluding hydrogens is 388 g/mol. The molecule has 164 valence electrons. The average molecular weight is 425 g/mol.